The normalized spacial score (nSPS) is 14.7. The molecule has 0 aliphatic carbocycles. The fourth-order valence-electron chi connectivity index (χ4n) is 3.12. The van der Waals surface area contributed by atoms with Crippen molar-refractivity contribution in [3.05, 3.63) is 55.5 Å². The number of benzene rings is 2. The first-order valence-electron chi connectivity index (χ1n) is 10.4. The lowest BCUT2D eigenvalue weighted by atomic mass is 10.1. The summed E-state index contributed by atoms with van der Waals surface area (Å²) in [6, 6.07) is 9.16. The van der Waals surface area contributed by atoms with Gasteiger partial charge in [-0.1, -0.05) is 13.0 Å². The van der Waals surface area contributed by atoms with Crippen molar-refractivity contribution in [3.63, 3.8) is 0 Å². The number of ether oxygens (including phenoxy) is 2. The average Bonchev–Trinajstić information content (AvgIpc) is 3.02. The number of thioether (sulfide) groups is 1. The van der Waals surface area contributed by atoms with E-state index in [1.54, 1.807) is 25.3 Å². The molecular formula is C24H25IN2O5S. The van der Waals surface area contributed by atoms with Gasteiger partial charge in [0.1, 0.15) is 6.54 Å². The van der Waals surface area contributed by atoms with Gasteiger partial charge in [0.05, 0.1) is 22.2 Å². The first-order chi connectivity index (χ1) is 15.7. The maximum Gasteiger partial charge on any atom is 0.294 e. The van der Waals surface area contributed by atoms with Crippen molar-refractivity contribution >= 4 is 63.2 Å². The summed E-state index contributed by atoms with van der Waals surface area (Å²) in [5.41, 5.74) is 3.47. The van der Waals surface area contributed by atoms with Crippen molar-refractivity contribution in [2.75, 3.05) is 25.6 Å². The molecular weight excluding hydrogens is 555 g/mol. The minimum atomic E-state index is -0.500. The van der Waals surface area contributed by atoms with Crippen LogP contribution in [0.2, 0.25) is 0 Å². The molecule has 0 unspecified atom stereocenters. The second kappa shape index (κ2) is 11.1. The Kier molecular flexibility index (Phi) is 8.41. The van der Waals surface area contributed by atoms with E-state index in [-0.39, 0.29) is 11.4 Å². The summed E-state index contributed by atoms with van der Waals surface area (Å²) >= 11 is 2.96. The van der Waals surface area contributed by atoms with Gasteiger partial charge in [-0.25, -0.2) is 0 Å². The van der Waals surface area contributed by atoms with Gasteiger partial charge in [0.15, 0.2) is 11.5 Å². The van der Waals surface area contributed by atoms with Crippen LogP contribution >= 0.6 is 34.4 Å². The van der Waals surface area contributed by atoms with Gasteiger partial charge in [0, 0.05) is 5.69 Å². The Hall–Kier alpha value is -2.53. The van der Waals surface area contributed by atoms with E-state index < -0.39 is 17.1 Å². The third kappa shape index (κ3) is 6.08. The van der Waals surface area contributed by atoms with Crippen molar-refractivity contribution in [2.45, 2.75) is 27.2 Å². The Bertz CT molecular complexity index is 1130. The Morgan fingerprint density at radius 2 is 1.94 bits per heavy atom. The van der Waals surface area contributed by atoms with E-state index in [4.69, 9.17) is 9.47 Å². The number of hydrogen-bond acceptors (Lipinski definition) is 6. The molecule has 1 fully saturated rings. The minimum Gasteiger partial charge on any atom is -0.493 e. The molecule has 2 aromatic rings. The molecule has 0 saturated carbocycles. The summed E-state index contributed by atoms with van der Waals surface area (Å²) in [5.74, 6) is 0.262. The lowest BCUT2D eigenvalue weighted by Gasteiger charge is -2.13. The number of carbonyl (C=O) groups excluding carboxylic acids is 3. The summed E-state index contributed by atoms with van der Waals surface area (Å²) in [5, 5.41) is 2.26. The fourth-order valence-corrected chi connectivity index (χ4v) is 4.74. The van der Waals surface area contributed by atoms with Gasteiger partial charge in [-0.15, -0.1) is 0 Å². The van der Waals surface area contributed by atoms with Crippen LogP contribution in [-0.4, -0.2) is 42.2 Å². The van der Waals surface area contributed by atoms with E-state index in [2.05, 4.69) is 27.9 Å². The molecule has 174 valence electrons. The third-order valence-electron chi connectivity index (χ3n) is 4.97. The Morgan fingerprint density at radius 1 is 1.18 bits per heavy atom. The number of methoxy groups -OCH3 is 1. The molecule has 33 heavy (non-hydrogen) atoms. The number of anilines is 1. The van der Waals surface area contributed by atoms with Crippen molar-refractivity contribution in [3.8, 4) is 11.5 Å². The highest BCUT2D eigenvalue weighted by Gasteiger charge is 2.36. The van der Waals surface area contributed by atoms with E-state index in [1.807, 2.05) is 39.0 Å². The first-order valence-corrected chi connectivity index (χ1v) is 12.3. The summed E-state index contributed by atoms with van der Waals surface area (Å²) < 4.78 is 12.0. The van der Waals surface area contributed by atoms with Gasteiger partial charge in [-0.3, -0.25) is 19.3 Å². The van der Waals surface area contributed by atoms with E-state index in [0.717, 1.165) is 37.8 Å². The molecule has 9 heteroatoms. The third-order valence-corrected chi connectivity index (χ3v) is 6.67. The molecule has 3 amide bonds. The van der Waals surface area contributed by atoms with E-state index in [1.165, 1.54) is 0 Å². The number of halogens is 1. The van der Waals surface area contributed by atoms with Gasteiger partial charge in [0.25, 0.3) is 11.1 Å². The summed E-state index contributed by atoms with van der Waals surface area (Å²) in [7, 11) is 1.55. The highest BCUT2D eigenvalue weighted by atomic mass is 127. The standard InChI is InChI=1S/C24H25IN2O5S/c1-5-8-32-22-18(25)10-16(11-19(22)31-4)12-20-23(29)27(24(30)33-20)13-21(28)26-17-7-6-14(2)15(3)9-17/h6-7,9-12H,5,8,13H2,1-4H3,(H,26,28)/b20-12-. The molecule has 1 aliphatic heterocycles. The molecule has 0 bridgehead atoms. The average molecular weight is 580 g/mol. The van der Waals surface area contributed by atoms with Crippen LogP contribution in [-0.2, 0) is 9.59 Å². The molecule has 0 radical (unpaired) electrons. The lowest BCUT2D eigenvalue weighted by Crippen LogP contribution is -2.36. The summed E-state index contributed by atoms with van der Waals surface area (Å²) in [6.07, 6.45) is 2.49. The predicted molar refractivity (Wildman–Crippen MR) is 139 cm³/mol. The first kappa shape index (κ1) is 25.1. The van der Waals surface area contributed by atoms with Crippen molar-refractivity contribution < 1.29 is 23.9 Å². The zero-order valence-electron chi connectivity index (χ0n) is 18.9. The number of amides is 3. The number of imide groups is 1. The fraction of sp³-hybridized carbons (Fsp3) is 0.292. The van der Waals surface area contributed by atoms with Gasteiger partial charge >= 0.3 is 0 Å². The Balaban J connectivity index is 1.74. The minimum absolute atomic E-state index is 0.249. The second-order valence-corrected chi connectivity index (χ2v) is 9.65. The van der Waals surface area contributed by atoms with Crippen LogP contribution in [0, 0.1) is 17.4 Å². The molecule has 1 aliphatic rings. The lowest BCUT2D eigenvalue weighted by molar-refractivity contribution is -0.127. The SMILES string of the molecule is CCCOc1c(I)cc(/C=C2\SC(=O)N(CC(=O)Nc3ccc(C)c(C)c3)C2=O)cc1OC. The maximum atomic E-state index is 12.8. The van der Waals surface area contributed by atoms with E-state index in [0.29, 0.717) is 29.4 Å². The molecule has 0 atom stereocenters. The Labute approximate surface area is 211 Å². The van der Waals surface area contributed by atoms with Crippen molar-refractivity contribution in [1.82, 2.24) is 4.90 Å². The van der Waals surface area contributed by atoms with Crippen molar-refractivity contribution in [2.24, 2.45) is 0 Å². The van der Waals surface area contributed by atoms with Gasteiger partial charge in [-0.2, -0.15) is 0 Å². The van der Waals surface area contributed by atoms with E-state index in [9.17, 15) is 14.4 Å². The quantitative estimate of drug-likeness (QED) is 0.334. The highest BCUT2D eigenvalue weighted by Crippen LogP contribution is 2.37. The number of aryl methyl sites for hydroxylation is 2. The van der Waals surface area contributed by atoms with Crippen molar-refractivity contribution in [1.29, 1.82) is 0 Å². The molecule has 7 nitrogen and oxygen atoms in total. The highest BCUT2D eigenvalue weighted by molar-refractivity contribution is 14.1. The molecule has 1 saturated heterocycles. The Morgan fingerprint density at radius 3 is 2.61 bits per heavy atom. The second-order valence-electron chi connectivity index (χ2n) is 7.50. The molecule has 3 rings (SSSR count). The maximum absolute atomic E-state index is 12.8. The largest absolute Gasteiger partial charge is 0.493 e. The number of nitrogens with zero attached hydrogens (tertiary/aromatic N) is 1. The van der Waals surface area contributed by atoms with Crippen LogP contribution in [0.1, 0.15) is 30.0 Å². The predicted octanol–water partition coefficient (Wildman–Crippen LogP) is 5.38. The number of hydrogen-bond donors (Lipinski definition) is 1. The topological polar surface area (TPSA) is 84.9 Å². The van der Waals surface area contributed by atoms with Crippen LogP contribution in [0.15, 0.2) is 35.2 Å². The van der Waals surface area contributed by atoms with Gasteiger partial charge in [-0.05, 0) is 102 Å². The molecule has 0 spiro atoms. The molecule has 0 aromatic heterocycles. The number of nitrogens with one attached hydrogen (secondary N) is 1. The summed E-state index contributed by atoms with van der Waals surface area (Å²) in [4.78, 5) is 38.9. The molecule has 1 heterocycles. The van der Waals surface area contributed by atoms with Crippen LogP contribution in [0.25, 0.3) is 6.08 Å². The number of rotatable bonds is 8. The summed E-state index contributed by atoms with van der Waals surface area (Å²) in [6.45, 7) is 6.17. The monoisotopic (exact) mass is 580 g/mol. The molecule has 1 N–H and O–H groups in total. The van der Waals surface area contributed by atoms with Crippen LogP contribution < -0.4 is 14.8 Å². The van der Waals surface area contributed by atoms with Crippen LogP contribution in [0.3, 0.4) is 0 Å². The van der Waals surface area contributed by atoms with E-state index >= 15 is 0 Å². The number of carbonyl (C=O) groups is 3. The van der Waals surface area contributed by atoms with Gasteiger partial charge in [0.2, 0.25) is 5.91 Å². The van der Waals surface area contributed by atoms with Crippen LogP contribution in [0.5, 0.6) is 11.5 Å². The molecule has 2 aromatic carbocycles. The van der Waals surface area contributed by atoms with Crippen LogP contribution in [0.4, 0.5) is 10.5 Å². The zero-order valence-corrected chi connectivity index (χ0v) is 21.8. The smallest absolute Gasteiger partial charge is 0.294 e. The zero-order chi connectivity index (χ0) is 24.1. The van der Waals surface area contributed by atoms with Gasteiger partial charge < -0.3 is 14.8 Å².